The smallest absolute Gasteiger partial charge is 0.248 e. The summed E-state index contributed by atoms with van der Waals surface area (Å²) in [7, 11) is 0. The molecule has 0 aliphatic carbocycles. The van der Waals surface area contributed by atoms with E-state index in [-0.39, 0.29) is 11.5 Å². The molecule has 0 fully saturated rings. The van der Waals surface area contributed by atoms with Gasteiger partial charge in [0.05, 0.1) is 10.7 Å². The van der Waals surface area contributed by atoms with Crippen LogP contribution in [0.25, 0.3) is 11.3 Å². The van der Waals surface area contributed by atoms with Crippen LogP contribution in [-0.2, 0) is 5.41 Å². The zero-order chi connectivity index (χ0) is 17.3. The number of rotatable bonds is 4. The molecule has 3 aromatic rings. The molecule has 1 unspecified atom stereocenters. The summed E-state index contributed by atoms with van der Waals surface area (Å²) < 4.78 is 5.39. The summed E-state index contributed by atoms with van der Waals surface area (Å²) in [5.74, 6) is 1.32. The summed E-state index contributed by atoms with van der Waals surface area (Å²) in [6.45, 7) is 10.2. The molecule has 0 spiro atoms. The van der Waals surface area contributed by atoms with E-state index in [1.54, 1.807) is 11.3 Å². The third-order valence-electron chi connectivity index (χ3n) is 3.67. The second-order valence-electron chi connectivity index (χ2n) is 6.90. The van der Waals surface area contributed by atoms with Gasteiger partial charge in [0.25, 0.3) is 0 Å². The Morgan fingerprint density at radius 2 is 1.83 bits per heavy atom. The molecular formula is C18H22N4OS. The summed E-state index contributed by atoms with van der Waals surface area (Å²) >= 11 is 1.66. The van der Waals surface area contributed by atoms with Crippen LogP contribution < -0.4 is 5.32 Å². The lowest BCUT2D eigenvalue weighted by Crippen LogP contribution is -2.14. The van der Waals surface area contributed by atoms with Crippen molar-refractivity contribution in [3.63, 3.8) is 0 Å². The van der Waals surface area contributed by atoms with E-state index in [1.165, 1.54) is 0 Å². The van der Waals surface area contributed by atoms with Crippen LogP contribution in [0, 0.1) is 6.92 Å². The molecule has 1 aromatic carbocycles. The minimum atomic E-state index is -0.116. The summed E-state index contributed by atoms with van der Waals surface area (Å²) in [4.78, 5) is 9.01. The van der Waals surface area contributed by atoms with Gasteiger partial charge in [0.2, 0.25) is 5.89 Å². The van der Waals surface area contributed by atoms with Gasteiger partial charge >= 0.3 is 0 Å². The summed E-state index contributed by atoms with van der Waals surface area (Å²) in [6, 6.07) is 8.17. The van der Waals surface area contributed by atoms with Crippen LogP contribution >= 0.6 is 11.3 Å². The van der Waals surface area contributed by atoms with Crippen molar-refractivity contribution in [3.8, 4) is 11.3 Å². The van der Waals surface area contributed by atoms with Gasteiger partial charge in [0.15, 0.2) is 5.82 Å². The molecule has 0 radical (unpaired) electrons. The first kappa shape index (κ1) is 16.6. The van der Waals surface area contributed by atoms with Crippen molar-refractivity contribution in [1.29, 1.82) is 0 Å². The fourth-order valence-corrected chi connectivity index (χ4v) is 2.88. The number of anilines is 1. The van der Waals surface area contributed by atoms with Crippen molar-refractivity contribution in [1.82, 2.24) is 15.1 Å². The molecular weight excluding hydrogens is 320 g/mol. The van der Waals surface area contributed by atoms with E-state index < -0.39 is 0 Å². The number of hydrogen-bond acceptors (Lipinski definition) is 6. The van der Waals surface area contributed by atoms with Gasteiger partial charge in [-0.15, -0.1) is 11.3 Å². The number of nitrogens with zero attached hydrogens (tertiary/aromatic N) is 3. The first-order chi connectivity index (χ1) is 11.3. The highest BCUT2D eigenvalue weighted by atomic mass is 32.1. The molecule has 0 saturated carbocycles. The van der Waals surface area contributed by atoms with Crippen LogP contribution in [0.5, 0.6) is 0 Å². The van der Waals surface area contributed by atoms with Gasteiger partial charge in [-0.2, -0.15) is 4.98 Å². The predicted molar refractivity (Wildman–Crippen MR) is 97.3 cm³/mol. The van der Waals surface area contributed by atoms with Crippen molar-refractivity contribution in [2.45, 2.75) is 46.1 Å². The lowest BCUT2D eigenvalue weighted by atomic mass is 9.96. The van der Waals surface area contributed by atoms with Crippen molar-refractivity contribution < 1.29 is 4.52 Å². The van der Waals surface area contributed by atoms with Crippen molar-refractivity contribution >= 4 is 17.0 Å². The van der Waals surface area contributed by atoms with Gasteiger partial charge in [-0.25, -0.2) is 4.98 Å². The van der Waals surface area contributed by atoms with Crippen LogP contribution in [0.1, 0.15) is 50.5 Å². The van der Waals surface area contributed by atoms with Crippen molar-refractivity contribution in [2.75, 3.05) is 5.32 Å². The monoisotopic (exact) mass is 342 g/mol. The molecule has 24 heavy (non-hydrogen) atoms. The van der Waals surface area contributed by atoms with Gasteiger partial charge in [0, 0.05) is 22.0 Å². The highest BCUT2D eigenvalue weighted by Gasteiger charge is 2.23. The molecule has 3 rings (SSSR count). The SMILES string of the molecule is Cc1nc(-c2ccc(NC(C)c3nc(C(C)(C)C)no3)cc2)cs1. The Labute approximate surface area is 146 Å². The van der Waals surface area contributed by atoms with Gasteiger partial charge in [-0.3, -0.25) is 0 Å². The van der Waals surface area contributed by atoms with Gasteiger partial charge in [-0.1, -0.05) is 38.1 Å². The summed E-state index contributed by atoms with van der Waals surface area (Å²) in [5.41, 5.74) is 3.03. The lowest BCUT2D eigenvalue weighted by molar-refractivity contribution is 0.354. The maximum Gasteiger partial charge on any atom is 0.248 e. The quantitative estimate of drug-likeness (QED) is 0.725. The predicted octanol–water partition coefficient (Wildman–Crippen LogP) is 4.97. The van der Waals surface area contributed by atoms with Crippen molar-refractivity contribution in [2.24, 2.45) is 0 Å². The van der Waals surface area contributed by atoms with Gasteiger partial charge < -0.3 is 9.84 Å². The Morgan fingerprint density at radius 1 is 1.12 bits per heavy atom. The highest BCUT2D eigenvalue weighted by molar-refractivity contribution is 7.09. The molecule has 0 amide bonds. The molecule has 5 nitrogen and oxygen atoms in total. The van der Waals surface area contributed by atoms with E-state index in [2.05, 4.69) is 58.7 Å². The Kier molecular flexibility index (Phi) is 4.41. The Morgan fingerprint density at radius 3 is 2.38 bits per heavy atom. The minimum absolute atomic E-state index is 0.0547. The van der Waals surface area contributed by atoms with Gasteiger partial charge in [-0.05, 0) is 26.0 Å². The highest BCUT2D eigenvalue weighted by Crippen LogP contribution is 2.26. The number of nitrogens with one attached hydrogen (secondary N) is 1. The fraction of sp³-hybridized carbons (Fsp3) is 0.389. The Bertz CT molecular complexity index is 814. The molecule has 0 aliphatic rings. The lowest BCUT2D eigenvalue weighted by Gasteiger charge is -2.13. The number of benzene rings is 1. The van der Waals surface area contributed by atoms with Crippen LogP contribution in [0.2, 0.25) is 0 Å². The molecule has 1 atom stereocenters. The summed E-state index contributed by atoms with van der Waals surface area (Å²) in [5, 5.41) is 10.6. The van der Waals surface area contributed by atoms with Crippen LogP contribution in [0.4, 0.5) is 5.69 Å². The van der Waals surface area contributed by atoms with E-state index in [9.17, 15) is 0 Å². The maximum atomic E-state index is 5.39. The van der Waals surface area contributed by atoms with Crippen molar-refractivity contribution in [3.05, 3.63) is 46.4 Å². The third kappa shape index (κ3) is 3.64. The number of hydrogen-bond donors (Lipinski definition) is 1. The fourth-order valence-electron chi connectivity index (χ4n) is 2.26. The Balaban J connectivity index is 1.70. The molecule has 0 aliphatic heterocycles. The standard InChI is InChI=1S/C18H22N4OS/c1-11(16-21-17(22-23-16)18(3,4)5)19-14-8-6-13(7-9-14)15-10-24-12(2)20-15/h6-11,19H,1-5H3. The zero-order valence-electron chi connectivity index (χ0n) is 14.6. The third-order valence-corrected chi connectivity index (χ3v) is 4.44. The maximum absolute atomic E-state index is 5.39. The second-order valence-corrected chi connectivity index (χ2v) is 7.96. The van der Waals surface area contributed by atoms with Gasteiger partial charge in [0.1, 0.15) is 6.04 Å². The van der Waals surface area contributed by atoms with E-state index >= 15 is 0 Å². The minimum Gasteiger partial charge on any atom is -0.374 e. The molecule has 2 heterocycles. The Hall–Kier alpha value is -2.21. The molecule has 126 valence electrons. The molecule has 1 N–H and O–H groups in total. The number of aromatic nitrogens is 3. The normalized spacial score (nSPS) is 13.0. The molecule has 6 heteroatoms. The molecule has 0 saturated heterocycles. The molecule has 2 aromatic heterocycles. The molecule has 0 bridgehead atoms. The van der Waals surface area contributed by atoms with E-state index in [1.807, 2.05) is 26.0 Å². The van der Waals surface area contributed by atoms with E-state index in [4.69, 9.17) is 4.52 Å². The summed E-state index contributed by atoms with van der Waals surface area (Å²) in [6.07, 6.45) is 0. The second kappa shape index (κ2) is 6.36. The topological polar surface area (TPSA) is 63.8 Å². The van der Waals surface area contributed by atoms with E-state index in [0.29, 0.717) is 5.89 Å². The van der Waals surface area contributed by atoms with E-state index in [0.717, 1.165) is 27.8 Å². The number of thiazole rings is 1. The largest absolute Gasteiger partial charge is 0.374 e. The van der Waals surface area contributed by atoms with Crippen LogP contribution in [0.3, 0.4) is 0 Å². The average Bonchev–Trinajstić information content (AvgIpc) is 3.16. The number of aryl methyl sites for hydroxylation is 1. The first-order valence-corrected chi connectivity index (χ1v) is 8.84. The zero-order valence-corrected chi connectivity index (χ0v) is 15.4. The van der Waals surface area contributed by atoms with Crippen LogP contribution in [-0.4, -0.2) is 15.1 Å². The first-order valence-electron chi connectivity index (χ1n) is 7.96. The van der Waals surface area contributed by atoms with Crippen LogP contribution in [0.15, 0.2) is 34.2 Å². The average molecular weight is 342 g/mol.